The molecule has 7 heteroatoms. The highest BCUT2D eigenvalue weighted by Gasteiger charge is 2.31. The zero-order chi connectivity index (χ0) is 21.2. The van der Waals surface area contributed by atoms with E-state index >= 15 is 0 Å². The van der Waals surface area contributed by atoms with Crippen LogP contribution in [0.1, 0.15) is 17.5 Å². The average molecular weight is 438 g/mol. The summed E-state index contributed by atoms with van der Waals surface area (Å²) < 4.78 is 12.7. The third-order valence-electron chi connectivity index (χ3n) is 5.98. The van der Waals surface area contributed by atoms with Crippen LogP contribution in [-0.2, 0) is 17.8 Å². The first-order chi connectivity index (χ1) is 15.2. The third-order valence-corrected chi connectivity index (χ3v) is 7.00. The normalized spacial score (nSPS) is 19.1. The SMILES string of the molecule is CCOc1ccc2c(c1)CC(C(=O)N1CCN(Cc3nc4ccccc4s3)CC1)CO2. The number of amides is 1. The van der Waals surface area contributed by atoms with Gasteiger partial charge in [-0.05, 0) is 49.2 Å². The molecule has 1 aromatic heterocycles. The van der Waals surface area contributed by atoms with Crippen LogP contribution in [0.25, 0.3) is 10.2 Å². The van der Waals surface area contributed by atoms with Crippen molar-refractivity contribution in [2.24, 2.45) is 5.92 Å². The Kier molecular flexibility index (Phi) is 5.78. The number of hydrogen-bond donors (Lipinski definition) is 0. The molecule has 5 rings (SSSR count). The molecule has 0 bridgehead atoms. The zero-order valence-electron chi connectivity index (χ0n) is 17.8. The minimum Gasteiger partial charge on any atom is -0.494 e. The molecule has 6 nitrogen and oxygen atoms in total. The molecule has 2 aromatic carbocycles. The molecule has 1 fully saturated rings. The van der Waals surface area contributed by atoms with Crippen LogP contribution in [0.5, 0.6) is 11.5 Å². The van der Waals surface area contributed by atoms with Gasteiger partial charge in [0.25, 0.3) is 0 Å². The fourth-order valence-corrected chi connectivity index (χ4v) is 5.36. The highest BCUT2D eigenvalue weighted by molar-refractivity contribution is 7.18. The first-order valence-electron chi connectivity index (χ1n) is 10.9. The van der Waals surface area contributed by atoms with Gasteiger partial charge in [-0.1, -0.05) is 12.1 Å². The Morgan fingerprint density at radius 1 is 1.19 bits per heavy atom. The number of ether oxygens (including phenoxy) is 2. The number of nitrogens with zero attached hydrogens (tertiary/aromatic N) is 3. The van der Waals surface area contributed by atoms with Gasteiger partial charge in [0.15, 0.2) is 0 Å². The molecule has 0 aliphatic carbocycles. The number of hydrogen-bond acceptors (Lipinski definition) is 6. The van der Waals surface area contributed by atoms with Crippen LogP contribution in [0.3, 0.4) is 0 Å². The lowest BCUT2D eigenvalue weighted by atomic mass is 9.95. The second kappa shape index (κ2) is 8.85. The fraction of sp³-hybridized carbons (Fsp3) is 0.417. The van der Waals surface area contributed by atoms with E-state index in [4.69, 9.17) is 14.5 Å². The van der Waals surface area contributed by atoms with Gasteiger partial charge in [0.2, 0.25) is 5.91 Å². The van der Waals surface area contributed by atoms with Crippen molar-refractivity contribution in [3.8, 4) is 11.5 Å². The van der Waals surface area contributed by atoms with Crippen LogP contribution in [0.2, 0.25) is 0 Å². The average Bonchev–Trinajstić information content (AvgIpc) is 3.21. The minimum atomic E-state index is -0.125. The smallest absolute Gasteiger partial charge is 0.229 e. The van der Waals surface area contributed by atoms with E-state index in [1.165, 1.54) is 4.70 Å². The van der Waals surface area contributed by atoms with Crippen molar-refractivity contribution in [3.63, 3.8) is 0 Å². The van der Waals surface area contributed by atoms with Crippen molar-refractivity contribution >= 4 is 27.5 Å². The van der Waals surface area contributed by atoms with Crippen molar-refractivity contribution in [1.82, 2.24) is 14.8 Å². The van der Waals surface area contributed by atoms with E-state index < -0.39 is 0 Å². The molecule has 0 saturated carbocycles. The number of carbonyl (C=O) groups is 1. The summed E-state index contributed by atoms with van der Waals surface area (Å²) in [5, 5.41) is 1.14. The number of benzene rings is 2. The van der Waals surface area contributed by atoms with Crippen LogP contribution >= 0.6 is 11.3 Å². The minimum absolute atomic E-state index is 0.125. The van der Waals surface area contributed by atoms with E-state index in [0.29, 0.717) is 19.6 Å². The third kappa shape index (κ3) is 4.38. The van der Waals surface area contributed by atoms with E-state index in [9.17, 15) is 4.79 Å². The van der Waals surface area contributed by atoms with Crippen molar-refractivity contribution in [2.45, 2.75) is 19.9 Å². The maximum absolute atomic E-state index is 13.1. The number of thiazole rings is 1. The van der Waals surface area contributed by atoms with E-state index in [0.717, 1.165) is 60.3 Å². The van der Waals surface area contributed by atoms with Gasteiger partial charge in [-0.2, -0.15) is 0 Å². The Hall–Kier alpha value is -2.64. The van der Waals surface area contributed by atoms with Gasteiger partial charge in [-0.25, -0.2) is 4.98 Å². The van der Waals surface area contributed by atoms with Crippen molar-refractivity contribution in [3.05, 3.63) is 53.0 Å². The maximum Gasteiger partial charge on any atom is 0.229 e. The highest BCUT2D eigenvalue weighted by atomic mass is 32.1. The summed E-state index contributed by atoms with van der Waals surface area (Å²) in [6, 6.07) is 14.1. The quantitative estimate of drug-likeness (QED) is 0.611. The number of fused-ring (bicyclic) bond motifs is 2. The van der Waals surface area contributed by atoms with Crippen LogP contribution in [0, 0.1) is 5.92 Å². The van der Waals surface area contributed by atoms with Crippen LogP contribution < -0.4 is 9.47 Å². The van der Waals surface area contributed by atoms with Gasteiger partial charge in [-0.3, -0.25) is 9.69 Å². The number of piperazine rings is 1. The Morgan fingerprint density at radius 2 is 2.03 bits per heavy atom. The summed E-state index contributed by atoms with van der Waals surface area (Å²) in [6.45, 7) is 7.16. The Bertz CT molecular complexity index is 1040. The molecule has 3 aromatic rings. The first kappa shape index (κ1) is 20.3. The standard InChI is InChI=1S/C24H27N3O3S/c1-2-29-19-7-8-21-17(14-19)13-18(16-30-21)24(28)27-11-9-26(10-12-27)15-23-25-20-5-3-4-6-22(20)31-23/h3-8,14,18H,2,9-13,15-16H2,1H3. The molecule has 1 amide bonds. The Labute approximate surface area is 186 Å². The largest absolute Gasteiger partial charge is 0.494 e. The molecule has 3 heterocycles. The molecule has 2 aliphatic rings. The van der Waals surface area contributed by atoms with Crippen molar-refractivity contribution < 1.29 is 14.3 Å². The number of rotatable bonds is 5. The summed E-state index contributed by atoms with van der Waals surface area (Å²) in [4.78, 5) is 22.3. The number of aromatic nitrogens is 1. The van der Waals surface area contributed by atoms with Gasteiger partial charge in [-0.15, -0.1) is 11.3 Å². The molecule has 1 atom stereocenters. The Morgan fingerprint density at radius 3 is 2.84 bits per heavy atom. The molecule has 0 radical (unpaired) electrons. The summed E-state index contributed by atoms with van der Waals surface area (Å²) in [6.07, 6.45) is 0.709. The fourth-order valence-electron chi connectivity index (χ4n) is 4.35. The first-order valence-corrected chi connectivity index (χ1v) is 11.8. The lowest BCUT2D eigenvalue weighted by molar-refractivity contribution is -0.138. The van der Waals surface area contributed by atoms with E-state index in [1.807, 2.05) is 36.1 Å². The highest BCUT2D eigenvalue weighted by Crippen LogP contribution is 2.31. The van der Waals surface area contributed by atoms with Crippen LogP contribution in [-0.4, -0.2) is 60.1 Å². The maximum atomic E-state index is 13.1. The molecular formula is C24H27N3O3S. The predicted octanol–water partition coefficient (Wildman–Crippen LogP) is 3.59. The summed E-state index contributed by atoms with van der Waals surface area (Å²) in [7, 11) is 0. The molecule has 0 N–H and O–H groups in total. The zero-order valence-corrected chi connectivity index (χ0v) is 18.6. The monoisotopic (exact) mass is 437 g/mol. The summed E-state index contributed by atoms with van der Waals surface area (Å²) in [5.41, 5.74) is 2.13. The second-order valence-electron chi connectivity index (χ2n) is 8.09. The van der Waals surface area contributed by atoms with E-state index in [-0.39, 0.29) is 11.8 Å². The van der Waals surface area contributed by atoms with Gasteiger partial charge >= 0.3 is 0 Å². The second-order valence-corrected chi connectivity index (χ2v) is 9.21. The summed E-state index contributed by atoms with van der Waals surface area (Å²) in [5.74, 6) is 1.78. The Balaban J connectivity index is 1.17. The van der Waals surface area contributed by atoms with E-state index in [2.05, 4.69) is 23.1 Å². The summed E-state index contributed by atoms with van der Waals surface area (Å²) >= 11 is 1.76. The lowest BCUT2D eigenvalue weighted by Gasteiger charge is -2.37. The number of para-hydroxylation sites is 1. The molecule has 162 valence electrons. The molecule has 2 aliphatic heterocycles. The molecule has 1 saturated heterocycles. The topological polar surface area (TPSA) is 54.9 Å². The lowest BCUT2D eigenvalue weighted by Crippen LogP contribution is -2.51. The van der Waals surface area contributed by atoms with Gasteiger partial charge in [0, 0.05) is 26.2 Å². The molecule has 1 unspecified atom stereocenters. The molecular weight excluding hydrogens is 410 g/mol. The van der Waals surface area contributed by atoms with Crippen LogP contribution in [0.4, 0.5) is 0 Å². The van der Waals surface area contributed by atoms with Gasteiger partial charge < -0.3 is 14.4 Å². The van der Waals surface area contributed by atoms with Crippen molar-refractivity contribution in [2.75, 3.05) is 39.4 Å². The predicted molar refractivity (Wildman–Crippen MR) is 122 cm³/mol. The molecule has 0 spiro atoms. The van der Waals surface area contributed by atoms with Crippen molar-refractivity contribution in [1.29, 1.82) is 0 Å². The van der Waals surface area contributed by atoms with E-state index in [1.54, 1.807) is 11.3 Å². The van der Waals surface area contributed by atoms with Gasteiger partial charge in [0.1, 0.15) is 23.1 Å². The van der Waals surface area contributed by atoms with Crippen LogP contribution in [0.15, 0.2) is 42.5 Å². The number of carbonyl (C=O) groups excluding carboxylic acids is 1. The van der Waals surface area contributed by atoms with Gasteiger partial charge in [0.05, 0.1) is 29.3 Å². The molecule has 31 heavy (non-hydrogen) atoms.